The fourth-order valence-electron chi connectivity index (χ4n) is 2.37. The number of esters is 2. The van der Waals surface area contributed by atoms with E-state index >= 15 is 0 Å². The minimum Gasteiger partial charge on any atom is -0.466 e. The summed E-state index contributed by atoms with van der Waals surface area (Å²) in [6.07, 6.45) is 7.31. The van der Waals surface area contributed by atoms with E-state index in [2.05, 4.69) is 0 Å². The molecule has 0 aliphatic heterocycles. The zero-order valence-corrected chi connectivity index (χ0v) is 15.6. The number of alkyl halides is 1. The minimum atomic E-state index is -0.354. The number of halogens is 1. The van der Waals surface area contributed by atoms with Crippen molar-refractivity contribution >= 4 is 23.5 Å². The Kier molecular flexibility index (Phi) is 12.7. The molecule has 0 aliphatic rings. The van der Waals surface area contributed by atoms with Crippen molar-refractivity contribution < 1.29 is 19.1 Å². The summed E-state index contributed by atoms with van der Waals surface area (Å²) in [5.74, 6) is 0.0427. The molecule has 0 unspecified atom stereocenters. The first-order valence-electron chi connectivity index (χ1n) is 9.13. The van der Waals surface area contributed by atoms with Crippen LogP contribution in [0.15, 0.2) is 30.3 Å². The zero-order chi connectivity index (χ0) is 18.2. The standard InChI is InChI=1S/C20H29ClO4/c21-15-8-3-1-2-4-9-16-24-19(22)12-13-20(23)25-17-14-18-10-6-5-7-11-18/h5-7,10-11H,1-4,8-9,12-17H2. The number of hydrogen-bond acceptors (Lipinski definition) is 4. The molecule has 0 saturated heterocycles. The Morgan fingerprint density at radius 2 is 1.32 bits per heavy atom. The average Bonchev–Trinajstić information content (AvgIpc) is 2.63. The number of carbonyl (C=O) groups is 2. The van der Waals surface area contributed by atoms with Crippen molar-refractivity contribution in [3.8, 4) is 0 Å². The van der Waals surface area contributed by atoms with Gasteiger partial charge in [0, 0.05) is 12.3 Å². The largest absolute Gasteiger partial charge is 0.466 e. The second-order valence-corrected chi connectivity index (χ2v) is 6.36. The summed E-state index contributed by atoms with van der Waals surface area (Å²) in [5, 5.41) is 0. The van der Waals surface area contributed by atoms with E-state index in [0.29, 0.717) is 19.6 Å². The van der Waals surface area contributed by atoms with Crippen LogP contribution in [-0.4, -0.2) is 31.0 Å². The van der Waals surface area contributed by atoms with E-state index in [1.807, 2.05) is 30.3 Å². The van der Waals surface area contributed by atoms with E-state index in [1.165, 1.54) is 6.42 Å². The van der Waals surface area contributed by atoms with Crippen LogP contribution in [-0.2, 0) is 25.5 Å². The van der Waals surface area contributed by atoms with Gasteiger partial charge in [0.05, 0.1) is 26.1 Å². The maximum Gasteiger partial charge on any atom is 0.306 e. The zero-order valence-electron chi connectivity index (χ0n) is 14.9. The lowest BCUT2D eigenvalue weighted by Crippen LogP contribution is -2.12. The third-order valence-corrected chi connectivity index (χ3v) is 4.09. The molecule has 0 spiro atoms. The Labute approximate surface area is 155 Å². The molecule has 1 aromatic rings. The third kappa shape index (κ3) is 12.5. The number of carbonyl (C=O) groups excluding carboxylic acids is 2. The molecule has 5 heteroatoms. The van der Waals surface area contributed by atoms with Crippen molar-refractivity contribution in [1.29, 1.82) is 0 Å². The van der Waals surface area contributed by atoms with Crippen LogP contribution in [0.5, 0.6) is 0 Å². The Morgan fingerprint density at radius 3 is 1.96 bits per heavy atom. The monoisotopic (exact) mass is 368 g/mol. The quantitative estimate of drug-likeness (QED) is 0.272. The molecule has 25 heavy (non-hydrogen) atoms. The van der Waals surface area contributed by atoms with E-state index in [-0.39, 0.29) is 24.8 Å². The summed E-state index contributed by atoms with van der Waals surface area (Å²) in [5.41, 5.74) is 1.12. The van der Waals surface area contributed by atoms with E-state index < -0.39 is 0 Å². The van der Waals surface area contributed by atoms with Gasteiger partial charge in [0.2, 0.25) is 0 Å². The second kappa shape index (κ2) is 14.8. The minimum absolute atomic E-state index is 0.0754. The van der Waals surface area contributed by atoms with Crippen molar-refractivity contribution in [3.05, 3.63) is 35.9 Å². The first kappa shape index (κ1) is 21.5. The molecule has 0 aliphatic carbocycles. The van der Waals surface area contributed by atoms with E-state index in [9.17, 15) is 9.59 Å². The molecule has 0 heterocycles. The van der Waals surface area contributed by atoms with Crippen molar-refractivity contribution in [2.45, 2.75) is 57.8 Å². The van der Waals surface area contributed by atoms with Crippen molar-refractivity contribution in [2.24, 2.45) is 0 Å². The van der Waals surface area contributed by atoms with Gasteiger partial charge in [-0.25, -0.2) is 0 Å². The maximum atomic E-state index is 11.6. The predicted molar refractivity (Wildman–Crippen MR) is 99.7 cm³/mol. The molecule has 0 N–H and O–H groups in total. The van der Waals surface area contributed by atoms with Crippen LogP contribution >= 0.6 is 11.6 Å². The van der Waals surface area contributed by atoms with Crippen LogP contribution in [0.4, 0.5) is 0 Å². The number of benzene rings is 1. The van der Waals surface area contributed by atoms with Gasteiger partial charge < -0.3 is 9.47 Å². The third-order valence-electron chi connectivity index (χ3n) is 3.82. The molecule has 0 fully saturated rings. The summed E-state index contributed by atoms with van der Waals surface area (Å²) in [4.78, 5) is 23.2. The molecule has 0 aromatic heterocycles. The van der Waals surface area contributed by atoms with Gasteiger partial charge in [0.1, 0.15) is 0 Å². The normalized spacial score (nSPS) is 10.4. The van der Waals surface area contributed by atoms with Crippen LogP contribution in [0.3, 0.4) is 0 Å². The van der Waals surface area contributed by atoms with Gasteiger partial charge in [-0.3, -0.25) is 9.59 Å². The first-order valence-corrected chi connectivity index (χ1v) is 9.67. The molecule has 1 aromatic carbocycles. The fraction of sp³-hybridized carbons (Fsp3) is 0.600. The van der Waals surface area contributed by atoms with Gasteiger partial charge in [-0.05, 0) is 18.4 Å². The lowest BCUT2D eigenvalue weighted by molar-refractivity contribution is -0.150. The molecule has 0 bridgehead atoms. The smallest absolute Gasteiger partial charge is 0.306 e. The maximum absolute atomic E-state index is 11.6. The van der Waals surface area contributed by atoms with Gasteiger partial charge in [-0.1, -0.05) is 56.0 Å². The highest BCUT2D eigenvalue weighted by Gasteiger charge is 2.09. The van der Waals surface area contributed by atoms with Crippen LogP contribution in [0, 0.1) is 0 Å². The highest BCUT2D eigenvalue weighted by atomic mass is 35.5. The first-order chi connectivity index (χ1) is 12.2. The van der Waals surface area contributed by atoms with E-state index in [1.54, 1.807) is 0 Å². The summed E-state index contributed by atoms with van der Waals surface area (Å²) in [6, 6.07) is 9.83. The van der Waals surface area contributed by atoms with Crippen molar-refractivity contribution in [2.75, 3.05) is 19.1 Å². The van der Waals surface area contributed by atoms with Crippen LogP contribution in [0.25, 0.3) is 0 Å². The Hall–Kier alpha value is -1.55. The summed E-state index contributed by atoms with van der Waals surface area (Å²) in [7, 11) is 0. The Morgan fingerprint density at radius 1 is 0.760 bits per heavy atom. The predicted octanol–water partition coefficient (Wildman–Crippen LogP) is 4.68. The lowest BCUT2D eigenvalue weighted by atomic mass is 10.1. The highest BCUT2D eigenvalue weighted by Crippen LogP contribution is 2.07. The molecule has 0 amide bonds. The number of unbranched alkanes of at least 4 members (excludes halogenated alkanes) is 5. The molecule has 0 saturated carbocycles. The van der Waals surface area contributed by atoms with Gasteiger partial charge >= 0.3 is 11.9 Å². The lowest BCUT2D eigenvalue weighted by Gasteiger charge is -2.06. The molecule has 1 rings (SSSR count). The molecule has 4 nitrogen and oxygen atoms in total. The average molecular weight is 369 g/mol. The Bertz CT molecular complexity index is 476. The van der Waals surface area contributed by atoms with Gasteiger partial charge in [-0.2, -0.15) is 0 Å². The van der Waals surface area contributed by atoms with Crippen LogP contribution in [0.1, 0.15) is 56.9 Å². The van der Waals surface area contributed by atoms with Gasteiger partial charge in [0.25, 0.3) is 0 Å². The molecule has 0 radical (unpaired) electrons. The van der Waals surface area contributed by atoms with Gasteiger partial charge in [0.15, 0.2) is 0 Å². The molecular formula is C20H29ClO4. The SMILES string of the molecule is O=C(CCC(=O)OCCc1ccccc1)OCCCCCCCCCl. The fourth-order valence-corrected chi connectivity index (χ4v) is 2.55. The van der Waals surface area contributed by atoms with E-state index in [0.717, 1.165) is 43.5 Å². The highest BCUT2D eigenvalue weighted by molar-refractivity contribution is 6.17. The molecule has 140 valence electrons. The number of hydrogen-bond donors (Lipinski definition) is 0. The molecule has 0 atom stereocenters. The molecular weight excluding hydrogens is 340 g/mol. The van der Waals surface area contributed by atoms with Crippen molar-refractivity contribution in [3.63, 3.8) is 0 Å². The Balaban J connectivity index is 1.94. The second-order valence-electron chi connectivity index (χ2n) is 5.99. The number of ether oxygens (including phenoxy) is 2. The van der Waals surface area contributed by atoms with Crippen molar-refractivity contribution in [1.82, 2.24) is 0 Å². The summed E-state index contributed by atoms with van der Waals surface area (Å²) in [6.45, 7) is 0.763. The van der Waals surface area contributed by atoms with Gasteiger partial charge in [-0.15, -0.1) is 11.6 Å². The summed E-state index contributed by atoms with van der Waals surface area (Å²) >= 11 is 5.62. The number of rotatable bonds is 14. The topological polar surface area (TPSA) is 52.6 Å². The van der Waals surface area contributed by atoms with Crippen LogP contribution in [0.2, 0.25) is 0 Å². The summed E-state index contributed by atoms with van der Waals surface area (Å²) < 4.78 is 10.3. The van der Waals surface area contributed by atoms with E-state index in [4.69, 9.17) is 21.1 Å². The van der Waals surface area contributed by atoms with Crippen LogP contribution < -0.4 is 0 Å².